The molecule has 3 heterocycles. The molecular formula is C25H20FN3OS2. The Labute approximate surface area is 195 Å². The largest absolute Gasteiger partial charge is 0.452 e. The average molecular weight is 462 g/mol. The van der Waals surface area contributed by atoms with E-state index in [1.807, 2.05) is 65.6 Å². The summed E-state index contributed by atoms with van der Waals surface area (Å²) in [5, 5.41) is 4.73. The summed E-state index contributed by atoms with van der Waals surface area (Å²) in [7, 11) is 0. The quantitative estimate of drug-likeness (QED) is 0.345. The molecular weight excluding hydrogens is 441 g/mol. The van der Waals surface area contributed by atoms with E-state index in [0.717, 1.165) is 27.1 Å². The van der Waals surface area contributed by atoms with E-state index in [0.29, 0.717) is 10.7 Å². The first-order valence-corrected chi connectivity index (χ1v) is 11.4. The molecule has 1 aliphatic heterocycles. The van der Waals surface area contributed by atoms with E-state index in [4.69, 9.17) is 16.6 Å². The van der Waals surface area contributed by atoms with Gasteiger partial charge in [-0.2, -0.15) is 0 Å². The van der Waals surface area contributed by atoms with Crippen molar-refractivity contribution in [1.82, 2.24) is 10.3 Å². The molecule has 0 unspecified atom stereocenters. The number of pyridine rings is 1. The third kappa shape index (κ3) is 4.01. The summed E-state index contributed by atoms with van der Waals surface area (Å²) < 4.78 is 20.3. The molecule has 4 nitrogen and oxygen atoms in total. The van der Waals surface area contributed by atoms with Crippen LogP contribution in [0.2, 0.25) is 0 Å². The van der Waals surface area contributed by atoms with E-state index in [1.165, 1.54) is 6.07 Å². The van der Waals surface area contributed by atoms with Crippen molar-refractivity contribution in [3.8, 4) is 0 Å². The monoisotopic (exact) mass is 461 g/mol. The Hall–Kier alpha value is -3.16. The van der Waals surface area contributed by atoms with Crippen molar-refractivity contribution in [2.24, 2.45) is 0 Å². The van der Waals surface area contributed by atoms with Crippen LogP contribution in [0.15, 0.2) is 99.5 Å². The summed E-state index contributed by atoms with van der Waals surface area (Å²) in [5.41, 5.74) is 2.22. The number of hydrogen-bond acceptors (Lipinski definition) is 4. The maximum absolute atomic E-state index is 14.0. The summed E-state index contributed by atoms with van der Waals surface area (Å²) in [6.07, 6.45) is 1.76. The lowest BCUT2D eigenvalue weighted by Crippen LogP contribution is -2.29. The first kappa shape index (κ1) is 20.7. The number of nitrogens with zero attached hydrogens (tertiary/aromatic N) is 2. The molecule has 2 aromatic heterocycles. The van der Waals surface area contributed by atoms with Crippen LogP contribution in [0.3, 0.4) is 0 Å². The average Bonchev–Trinajstić information content (AvgIpc) is 3.41. The second kappa shape index (κ2) is 8.76. The van der Waals surface area contributed by atoms with E-state index >= 15 is 0 Å². The van der Waals surface area contributed by atoms with E-state index < -0.39 is 0 Å². The molecule has 1 saturated heterocycles. The summed E-state index contributed by atoms with van der Waals surface area (Å²) in [5.74, 6) is 0.512. The fraction of sp³-hybridized carbons (Fsp3) is 0.120. The Kier molecular flexibility index (Phi) is 5.68. The van der Waals surface area contributed by atoms with Gasteiger partial charge < -0.3 is 14.6 Å². The molecule has 5 rings (SSSR count). The molecule has 0 saturated carbocycles. The van der Waals surface area contributed by atoms with E-state index in [1.54, 1.807) is 37.0 Å². The fourth-order valence-electron chi connectivity index (χ4n) is 3.85. The molecule has 160 valence electrons. The van der Waals surface area contributed by atoms with Gasteiger partial charge in [0, 0.05) is 16.8 Å². The van der Waals surface area contributed by atoms with Crippen LogP contribution in [0.1, 0.15) is 29.1 Å². The molecule has 1 aliphatic rings. The van der Waals surface area contributed by atoms with Crippen molar-refractivity contribution in [3.63, 3.8) is 0 Å². The molecule has 0 aliphatic carbocycles. The fourth-order valence-corrected chi connectivity index (χ4v) is 5.00. The Balaban J connectivity index is 1.55. The summed E-state index contributed by atoms with van der Waals surface area (Å²) in [4.78, 5) is 7.63. The third-order valence-electron chi connectivity index (χ3n) is 5.37. The Morgan fingerprint density at radius 1 is 1.03 bits per heavy atom. The highest BCUT2D eigenvalue weighted by molar-refractivity contribution is 7.99. The summed E-state index contributed by atoms with van der Waals surface area (Å²) in [6.45, 7) is 1.75. The molecule has 2 aromatic carbocycles. The number of furan rings is 1. The van der Waals surface area contributed by atoms with Crippen molar-refractivity contribution in [1.29, 1.82) is 0 Å². The van der Waals surface area contributed by atoms with Gasteiger partial charge in [-0.3, -0.25) is 4.98 Å². The van der Waals surface area contributed by atoms with Gasteiger partial charge in [0.15, 0.2) is 10.2 Å². The SMILES string of the molecule is Cc1cc(N2C(=S)N[C@@H](c3ccccn3)[C@@H]2c2ccc(Sc3ccccc3)o2)ccc1F. The van der Waals surface area contributed by atoms with E-state index in [9.17, 15) is 4.39 Å². The minimum atomic E-state index is -0.271. The minimum Gasteiger partial charge on any atom is -0.452 e. The van der Waals surface area contributed by atoms with E-state index in [2.05, 4.69) is 10.3 Å². The molecule has 7 heteroatoms. The van der Waals surface area contributed by atoms with Crippen molar-refractivity contribution in [2.45, 2.75) is 29.0 Å². The normalized spacial score (nSPS) is 18.1. The van der Waals surface area contributed by atoms with Gasteiger partial charge in [0.1, 0.15) is 17.6 Å². The van der Waals surface area contributed by atoms with Gasteiger partial charge in [0.25, 0.3) is 0 Å². The number of halogens is 1. The van der Waals surface area contributed by atoms with Crippen LogP contribution >= 0.6 is 24.0 Å². The van der Waals surface area contributed by atoms with Crippen molar-refractivity contribution in [3.05, 3.63) is 108 Å². The maximum Gasteiger partial charge on any atom is 0.174 e. The first-order valence-electron chi connectivity index (χ1n) is 10.2. The Morgan fingerprint density at radius 3 is 2.59 bits per heavy atom. The van der Waals surface area contributed by atoms with Gasteiger partial charge >= 0.3 is 0 Å². The predicted octanol–water partition coefficient (Wildman–Crippen LogP) is 6.45. The van der Waals surface area contributed by atoms with Gasteiger partial charge in [0.05, 0.1) is 11.7 Å². The zero-order valence-corrected chi connectivity index (χ0v) is 18.9. The number of aromatic nitrogens is 1. The molecule has 4 aromatic rings. The lowest BCUT2D eigenvalue weighted by Gasteiger charge is -2.26. The number of nitrogens with one attached hydrogen (secondary N) is 1. The number of anilines is 1. The highest BCUT2D eigenvalue weighted by atomic mass is 32.2. The maximum atomic E-state index is 14.0. The molecule has 0 amide bonds. The molecule has 0 spiro atoms. The molecule has 32 heavy (non-hydrogen) atoms. The van der Waals surface area contributed by atoms with Crippen LogP contribution in [0.4, 0.5) is 10.1 Å². The number of aryl methyl sites for hydroxylation is 1. The van der Waals surface area contributed by atoms with Crippen LogP contribution in [0.25, 0.3) is 0 Å². The smallest absolute Gasteiger partial charge is 0.174 e. The molecule has 2 atom stereocenters. The van der Waals surface area contributed by atoms with E-state index in [-0.39, 0.29) is 17.9 Å². The molecule has 1 N–H and O–H groups in total. The van der Waals surface area contributed by atoms with Crippen LogP contribution in [0.5, 0.6) is 0 Å². The Morgan fingerprint density at radius 2 is 1.84 bits per heavy atom. The van der Waals surface area contributed by atoms with Gasteiger partial charge in [-0.05, 0) is 79.3 Å². The number of rotatable bonds is 5. The molecule has 1 fully saturated rings. The number of hydrogen-bond donors (Lipinski definition) is 1. The summed E-state index contributed by atoms with van der Waals surface area (Å²) >= 11 is 7.27. The highest BCUT2D eigenvalue weighted by Crippen LogP contribution is 2.43. The van der Waals surface area contributed by atoms with Crippen LogP contribution in [-0.2, 0) is 0 Å². The number of benzene rings is 2. The van der Waals surface area contributed by atoms with Crippen molar-refractivity contribution >= 4 is 34.8 Å². The second-order valence-corrected chi connectivity index (χ2v) is 8.97. The zero-order valence-electron chi connectivity index (χ0n) is 17.2. The van der Waals surface area contributed by atoms with Crippen LogP contribution in [0, 0.1) is 12.7 Å². The first-order chi connectivity index (χ1) is 15.6. The lowest BCUT2D eigenvalue weighted by atomic mass is 10.0. The van der Waals surface area contributed by atoms with Gasteiger partial charge in [-0.15, -0.1) is 0 Å². The van der Waals surface area contributed by atoms with Gasteiger partial charge in [0.2, 0.25) is 0 Å². The minimum absolute atomic E-state index is 0.213. The standard InChI is InChI=1S/C25H20FN3OS2/c1-16-15-17(10-11-19(16)26)29-24(23(28-25(29)31)20-9-5-6-14-27-20)21-12-13-22(30-21)32-18-7-3-2-4-8-18/h2-15,23-24H,1H3,(H,28,31)/t23-,24-/m0/s1. The van der Waals surface area contributed by atoms with Gasteiger partial charge in [-0.1, -0.05) is 36.0 Å². The van der Waals surface area contributed by atoms with Crippen LogP contribution < -0.4 is 10.2 Å². The predicted molar refractivity (Wildman–Crippen MR) is 128 cm³/mol. The molecule has 0 radical (unpaired) electrons. The Bertz CT molecular complexity index is 1250. The topological polar surface area (TPSA) is 41.3 Å². The third-order valence-corrected chi connectivity index (χ3v) is 6.62. The summed E-state index contributed by atoms with van der Waals surface area (Å²) in [6, 6.07) is 24.4. The van der Waals surface area contributed by atoms with Crippen LogP contribution in [-0.4, -0.2) is 10.1 Å². The number of thiocarbonyl (C=S) groups is 1. The highest BCUT2D eigenvalue weighted by Gasteiger charge is 2.42. The second-order valence-electron chi connectivity index (χ2n) is 7.50. The van der Waals surface area contributed by atoms with Gasteiger partial charge in [-0.25, -0.2) is 4.39 Å². The lowest BCUT2D eigenvalue weighted by molar-refractivity contribution is 0.383. The zero-order chi connectivity index (χ0) is 22.1. The molecule has 0 bridgehead atoms. The van der Waals surface area contributed by atoms with Crippen molar-refractivity contribution in [2.75, 3.05) is 4.90 Å². The van der Waals surface area contributed by atoms with Crippen molar-refractivity contribution < 1.29 is 8.81 Å².